The van der Waals surface area contributed by atoms with Crippen LogP contribution in [-0.4, -0.2) is 26.2 Å². The smallest absolute Gasteiger partial charge is 0.387 e. The summed E-state index contributed by atoms with van der Waals surface area (Å²) in [5.74, 6) is 1.29. The largest absolute Gasteiger partial charge is 0.493 e. The molecule has 3 N–H and O–H groups in total. The van der Waals surface area contributed by atoms with E-state index in [1.165, 1.54) is 32.4 Å². The minimum atomic E-state index is -2.90. The number of aliphatic imine (C=N–C) groups is 1. The third-order valence-corrected chi connectivity index (χ3v) is 3.67. The van der Waals surface area contributed by atoms with E-state index in [0.717, 1.165) is 6.54 Å². The molecule has 8 heteroatoms. The van der Waals surface area contributed by atoms with Crippen LogP contribution < -0.4 is 20.5 Å². The van der Waals surface area contributed by atoms with Crippen molar-refractivity contribution in [3.05, 3.63) is 23.8 Å². The lowest BCUT2D eigenvalue weighted by atomic mass is 9.85. The van der Waals surface area contributed by atoms with Gasteiger partial charge in [0.25, 0.3) is 0 Å². The van der Waals surface area contributed by atoms with E-state index in [1.54, 1.807) is 12.1 Å². The molecule has 1 aromatic carbocycles. The van der Waals surface area contributed by atoms with E-state index >= 15 is 0 Å². The zero-order valence-electron chi connectivity index (χ0n) is 12.9. The lowest BCUT2D eigenvalue weighted by molar-refractivity contribution is -0.0512. The number of hydrogen-bond acceptors (Lipinski definition) is 3. The number of ether oxygens (including phenoxy) is 2. The predicted octanol–water partition coefficient (Wildman–Crippen LogP) is 3.12. The number of nitrogens with two attached hydrogens (primary N) is 1. The third kappa shape index (κ3) is 6.36. The molecule has 1 saturated carbocycles. The number of alkyl halides is 2. The van der Waals surface area contributed by atoms with Crippen molar-refractivity contribution in [3.8, 4) is 11.5 Å². The van der Waals surface area contributed by atoms with Crippen molar-refractivity contribution < 1.29 is 18.3 Å². The maximum absolute atomic E-state index is 12.4. The average Bonchev–Trinajstić information content (AvgIpc) is 2.43. The zero-order chi connectivity index (χ0) is 15.9. The van der Waals surface area contributed by atoms with Crippen LogP contribution in [0.5, 0.6) is 11.5 Å². The van der Waals surface area contributed by atoms with Crippen molar-refractivity contribution in [2.24, 2.45) is 16.6 Å². The fourth-order valence-corrected chi connectivity index (χ4v) is 2.19. The standard InChI is InChI=1S/C15H21F2N3O2.HI/c1-21-12-6-5-11(7-13(12)22-14(16)17)9-20-15(18)19-8-10-3-2-4-10;/h5-7,10,14H,2-4,8-9H2,1H3,(H3,18,19,20);1H. The number of guanidine groups is 1. The van der Waals surface area contributed by atoms with Gasteiger partial charge in [0, 0.05) is 6.54 Å². The van der Waals surface area contributed by atoms with Crippen LogP contribution in [0.2, 0.25) is 0 Å². The number of nitrogens with zero attached hydrogens (tertiary/aromatic N) is 1. The molecule has 5 nitrogen and oxygen atoms in total. The summed E-state index contributed by atoms with van der Waals surface area (Å²) in [5, 5.41) is 3.08. The lowest BCUT2D eigenvalue weighted by Gasteiger charge is -2.25. The molecular weight excluding hydrogens is 419 g/mol. The molecule has 0 aromatic heterocycles. The molecule has 0 saturated heterocycles. The van der Waals surface area contributed by atoms with Crippen molar-refractivity contribution >= 4 is 29.9 Å². The van der Waals surface area contributed by atoms with E-state index in [1.807, 2.05) is 0 Å². The first-order valence-electron chi connectivity index (χ1n) is 7.24. The predicted molar refractivity (Wildman–Crippen MR) is 95.7 cm³/mol. The van der Waals surface area contributed by atoms with Crippen LogP contribution in [-0.2, 0) is 6.54 Å². The summed E-state index contributed by atoms with van der Waals surface area (Å²) >= 11 is 0. The third-order valence-electron chi connectivity index (χ3n) is 3.67. The van der Waals surface area contributed by atoms with Gasteiger partial charge in [-0.25, -0.2) is 4.99 Å². The monoisotopic (exact) mass is 441 g/mol. The molecule has 23 heavy (non-hydrogen) atoms. The van der Waals surface area contributed by atoms with Crippen LogP contribution in [0.15, 0.2) is 23.2 Å². The highest BCUT2D eigenvalue weighted by Crippen LogP contribution is 2.29. The molecule has 1 aliphatic rings. The van der Waals surface area contributed by atoms with Crippen molar-refractivity contribution in [2.45, 2.75) is 32.4 Å². The quantitative estimate of drug-likeness (QED) is 0.388. The fourth-order valence-electron chi connectivity index (χ4n) is 2.19. The van der Waals surface area contributed by atoms with Crippen molar-refractivity contribution in [2.75, 3.05) is 13.7 Å². The topological polar surface area (TPSA) is 68.9 Å². The van der Waals surface area contributed by atoms with E-state index in [2.05, 4.69) is 15.0 Å². The van der Waals surface area contributed by atoms with Gasteiger partial charge in [-0.15, -0.1) is 24.0 Å². The summed E-state index contributed by atoms with van der Waals surface area (Å²) in [6.07, 6.45) is 3.74. The summed E-state index contributed by atoms with van der Waals surface area (Å²) in [6.45, 7) is -1.79. The fraction of sp³-hybridized carbons (Fsp3) is 0.533. The van der Waals surface area contributed by atoms with Crippen molar-refractivity contribution in [1.82, 2.24) is 5.32 Å². The second-order valence-corrected chi connectivity index (χ2v) is 5.24. The van der Waals surface area contributed by atoms with Crippen LogP contribution in [0.4, 0.5) is 8.78 Å². The molecule has 2 rings (SSSR count). The van der Waals surface area contributed by atoms with Crippen molar-refractivity contribution in [1.29, 1.82) is 0 Å². The molecule has 130 valence electrons. The molecule has 0 amide bonds. The van der Waals surface area contributed by atoms with Gasteiger partial charge in [0.15, 0.2) is 17.5 Å². The first kappa shape index (κ1) is 19.7. The summed E-state index contributed by atoms with van der Waals surface area (Å²) < 4.78 is 34.1. The van der Waals surface area contributed by atoms with Gasteiger partial charge in [-0.1, -0.05) is 12.5 Å². The van der Waals surface area contributed by atoms with Crippen LogP contribution in [0.3, 0.4) is 0 Å². The Balaban J connectivity index is 0.00000264. The van der Waals surface area contributed by atoms with Gasteiger partial charge in [-0.3, -0.25) is 0 Å². The van der Waals surface area contributed by atoms with Gasteiger partial charge < -0.3 is 20.5 Å². The molecule has 0 aliphatic heterocycles. The highest BCUT2D eigenvalue weighted by Gasteiger charge is 2.16. The Morgan fingerprint density at radius 3 is 2.70 bits per heavy atom. The van der Waals surface area contributed by atoms with Crippen LogP contribution in [0.25, 0.3) is 0 Å². The molecule has 0 bridgehead atoms. The summed E-state index contributed by atoms with van der Waals surface area (Å²) in [5.41, 5.74) is 6.50. The second-order valence-electron chi connectivity index (χ2n) is 5.24. The molecule has 1 fully saturated rings. The maximum Gasteiger partial charge on any atom is 0.387 e. The SMILES string of the molecule is COc1ccc(CN=C(N)NCC2CCC2)cc1OC(F)F.I. The van der Waals surface area contributed by atoms with Crippen molar-refractivity contribution in [3.63, 3.8) is 0 Å². The number of rotatable bonds is 7. The first-order chi connectivity index (χ1) is 10.6. The molecule has 0 atom stereocenters. The molecule has 0 radical (unpaired) electrons. The second kappa shape index (κ2) is 9.74. The van der Waals surface area contributed by atoms with E-state index in [0.29, 0.717) is 17.4 Å². The Hall–Kier alpha value is -1.32. The lowest BCUT2D eigenvalue weighted by Crippen LogP contribution is -2.37. The highest BCUT2D eigenvalue weighted by atomic mass is 127. The van der Waals surface area contributed by atoms with Gasteiger partial charge in [-0.2, -0.15) is 8.78 Å². The molecular formula is C15H22F2IN3O2. The van der Waals surface area contributed by atoms with Gasteiger partial charge in [-0.05, 0) is 36.5 Å². The van der Waals surface area contributed by atoms with E-state index < -0.39 is 6.61 Å². The number of methoxy groups -OCH3 is 1. The van der Waals surface area contributed by atoms with E-state index in [-0.39, 0.29) is 42.0 Å². The number of hydrogen-bond donors (Lipinski definition) is 2. The first-order valence-corrected chi connectivity index (χ1v) is 7.24. The molecule has 1 aliphatic carbocycles. The minimum Gasteiger partial charge on any atom is -0.493 e. The Labute approximate surface area is 151 Å². The summed E-state index contributed by atoms with van der Waals surface area (Å²) in [4.78, 5) is 4.20. The Bertz CT molecular complexity index is 525. The summed E-state index contributed by atoms with van der Waals surface area (Å²) in [7, 11) is 1.40. The highest BCUT2D eigenvalue weighted by molar-refractivity contribution is 14.0. The maximum atomic E-state index is 12.4. The Morgan fingerprint density at radius 2 is 2.13 bits per heavy atom. The number of benzene rings is 1. The van der Waals surface area contributed by atoms with Crippen LogP contribution >= 0.6 is 24.0 Å². The molecule has 0 spiro atoms. The Morgan fingerprint density at radius 1 is 1.39 bits per heavy atom. The van der Waals surface area contributed by atoms with Crippen LogP contribution in [0.1, 0.15) is 24.8 Å². The summed E-state index contributed by atoms with van der Waals surface area (Å²) in [6, 6.07) is 4.79. The zero-order valence-corrected chi connectivity index (χ0v) is 15.3. The van der Waals surface area contributed by atoms with Gasteiger partial charge in [0.05, 0.1) is 13.7 Å². The number of nitrogens with one attached hydrogen (secondary N) is 1. The van der Waals surface area contributed by atoms with Crippen LogP contribution in [0, 0.1) is 5.92 Å². The van der Waals surface area contributed by atoms with Gasteiger partial charge in [0.1, 0.15) is 0 Å². The van der Waals surface area contributed by atoms with Gasteiger partial charge >= 0.3 is 6.61 Å². The molecule has 1 aromatic rings. The van der Waals surface area contributed by atoms with Gasteiger partial charge in [0.2, 0.25) is 0 Å². The average molecular weight is 441 g/mol. The van der Waals surface area contributed by atoms with E-state index in [9.17, 15) is 8.78 Å². The van der Waals surface area contributed by atoms with E-state index in [4.69, 9.17) is 10.5 Å². The normalized spacial score (nSPS) is 14.9. The Kier molecular flexibility index (Phi) is 8.35. The molecule has 0 unspecified atom stereocenters. The molecule has 0 heterocycles. The number of halogens is 3. The minimum absolute atomic E-state index is 0.